The summed E-state index contributed by atoms with van der Waals surface area (Å²) in [6.45, 7) is 0. The van der Waals surface area contributed by atoms with Crippen molar-refractivity contribution in [2.24, 2.45) is 0 Å². The minimum absolute atomic E-state index is 0.198. The summed E-state index contributed by atoms with van der Waals surface area (Å²) in [5, 5.41) is 13.1. The zero-order chi connectivity index (χ0) is 10.3. The summed E-state index contributed by atoms with van der Waals surface area (Å²) in [5.74, 6) is 1.44. The molecule has 5 nitrogen and oxygen atoms in total. The van der Waals surface area contributed by atoms with Gasteiger partial charge in [-0.05, 0) is 25.0 Å². The van der Waals surface area contributed by atoms with E-state index in [2.05, 4.69) is 15.1 Å². The van der Waals surface area contributed by atoms with Gasteiger partial charge in [-0.3, -0.25) is 0 Å². The lowest BCUT2D eigenvalue weighted by atomic mass is 9.82. The Morgan fingerprint density at radius 2 is 2.33 bits per heavy atom. The van der Waals surface area contributed by atoms with Crippen LogP contribution in [0, 0.1) is 0 Å². The lowest BCUT2D eigenvalue weighted by molar-refractivity contribution is 0.0625. The molecule has 0 atom stereocenters. The molecule has 5 heteroatoms. The fraction of sp³-hybridized carbons (Fsp3) is 0.400. The minimum atomic E-state index is -0.198. The number of hydrogen-bond acceptors (Lipinski definition) is 4. The van der Waals surface area contributed by atoms with Crippen LogP contribution in [0.2, 0.25) is 0 Å². The number of nitrogens with one attached hydrogen (secondary N) is 1. The Morgan fingerprint density at radius 3 is 3.00 bits per heavy atom. The first-order valence-electron chi connectivity index (χ1n) is 4.98. The van der Waals surface area contributed by atoms with Crippen molar-refractivity contribution in [3.05, 3.63) is 24.2 Å². The van der Waals surface area contributed by atoms with E-state index in [4.69, 9.17) is 4.52 Å². The first-order chi connectivity index (χ1) is 7.33. The molecule has 0 unspecified atom stereocenters. The van der Waals surface area contributed by atoms with Crippen molar-refractivity contribution in [1.29, 1.82) is 0 Å². The Kier molecular flexibility index (Phi) is 1.85. The summed E-state index contributed by atoms with van der Waals surface area (Å²) < 4.78 is 5.15. The van der Waals surface area contributed by atoms with E-state index in [0.717, 1.165) is 18.5 Å². The van der Waals surface area contributed by atoms with Crippen LogP contribution in [0.15, 0.2) is 22.9 Å². The van der Waals surface area contributed by atoms with Crippen LogP contribution >= 0.6 is 0 Å². The maximum atomic E-state index is 9.17. The van der Waals surface area contributed by atoms with Crippen LogP contribution in [0.25, 0.3) is 11.5 Å². The van der Waals surface area contributed by atoms with E-state index < -0.39 is 0 Å². The summed E-state index contributed by atoms with van der Waals surface area (Å²) in [7, 11) is 0. The molecule has 0 bridgehead atoms. The molecule has 1 saturated carbocycles. The molecule has 78 valence electrons. The van der Waals surface area contributed by atoms with Crippen molar-refractivity contribution in [3.63, 3.8) is 0 Å². The molecule has 1 fully saturated rings. The number of nitrogens with zero attached hydrogens (tertiary/aromatic N) is 2. The molecule has 0 spiro atoms. The molecule has 2 heterocycles. The fourth-order valence-electron chi connectivity index (χ4n) is 1.77. The quantitative estimate of drug-likeness (QED) is 0.774. The second kappa shape index (κ2) is 3.20. The van der Waals surface area contributed by atoms with E-state index in [-0.39, 0.29) is 12.0 Å². The highest BCUT2D eigenvalue weighted by molar-refractivity contribution is 5.47. The summed E-state index contributed by atoms with van der Waals surface area (Å²) >= 11 is 0. The van der Waals surface area contributed by atoms with Gasteiger partial charge in [-0.15, -0.1) is 0 Å². The number of H-pyrrole nitrogens is 1. The molecule has 0 aromatic carbocycles. The Hall–Kier alpha value is -1.62. The second-order valence-electron chi connectivity index (χ2n) is 3.86. The molecule has 0 radical (unpaired) electrons. The average molecular weight is 205 g/mol. The topological polar surface area (TPSA) is 74.9 Å². The number of aliphatic hydroxyl groups is 1. The lowest BCUT2D eigenvalue weighted by Gasteiger charge is -2.27. The SMILES string of the molecule is OC1CC(c2nc(-c3ccc[nH]3)no2)C1. The van der Waals surface area contributed by atoms with Crippen LogP contribution in [0.5, 0.6) is 0 Å². The van der Waals surface area contributed by atoms with Gasteiger partial charge >= 0.3 is 0 Å². The van der Waals surface area contributed by atoms with Crippen molar-refractivity contribution in [3.8, 4) is 11.5 Å². The van der Waals surface area contributed by atoms with Gasteiger partial charge in [0.1, 0.15) is 0 Å². The van der Waals surface area contributed by atoms with Gasteiger partial charge in [-0.25, -0.2) is 0 Å². The van der Waals surface area contributed by atoms with Crippen LogP contribution < -0.4 is 0 Å². The van der Waals surface area contributed by atoms with Gasteiger partial charge in [0.15, 0.2) is 0 Å². The maximum absolute atomic E-state index is 9.17. The fourth-order valence-corrected chi connectivity index (χ4v) is 1.77. The Balaban J connectivity index is 1.82. The van der Waals surface area contributed by atoms with Gasteiger partial charge in [0.2, 0.25) is 11.7 Å². The molecule has 2 aromatic heterocycles. The van der Waals surface area contributed by atoms with Crippen LogP contribution in [-0.4, -0.2) is 26.3 Å². The maximum Gasteiger partial charge on any atom is 0.230 e. The third kappa shape index (κ3) is 1.45. The van der Waals surface area contributed by atoms with Crippen LogP contribution in [0.3, 0.4) is 0 Å². The standard InChI is InChI=1S/C10H11N3O2/c14-7-4-6(5-7)10-12-9(13-15-10)8-2-1-3-11-8/h1-3,6-7,11,14H,4-5H2. The Morgan fingerprint density at radius 1 is 1.47 bits per heavy atom. The molecular weight excluding hydrogens is 194 g/mol. The van der Waals surface area contributed by atoms with Gasteiger partial charge in [-0.2, -0.15) is 4.98 Å². The first kappa shape index (κ1) is 8.67. The molecule has 0 aliphatic heterocycles. The van der Waals surface area contributed by atoms with E-state index in [1.54, 1.807) is 0 Å². The zero-order valence-corrected chi connectivity index (χ0v) is 8.05. The summed E-state index contributed by atoms with van der Waals surface area (Å²) in [6, 6.07) is 3.78. The number of aromatic amines is 1. The molecule has 2 N–H and O–H groups in total. The minimum Gasteiger partial charge on any atom is -0.393 e. The molecule has 2 aromatic rings. The number of rotatable bonds is 2. The highest BCUT2D eigenvalue weighted by Gasteiger charge is 2.33. The second-order valence-corrected chi connectivity index (χ2v) is 3.86. The Labute approximate surface area is 86.1 Å². The number of hydrogen-bond donors (Lipinski definition) is 2. The van der Waals surface area contributed by atoms with Crippen molar-refractivity contribution in [2.45, 2.75) is 24.9 Å². The third-order valence-electron chi connectivity index (χ3n) is 2.74. The summed E-state index contributed by atoms with van der Waals surface area (Å²) in [5.41, 5.74) is 0.852. The van der Waals surface area contributed by atoms with E-state index >= 15 is 0 Å². The zero-order valence-electron chi connectivity index (χ0n) is 8.05. The van der Waals surface area contributed by atoms with Crippen LogP contribution in [0.4, 0.5) is 0 Å². The van der Waals surface area contributed by atoms with Gasteiger partial charge in [0.25, 0.3) is 0 Å². The van der Waals surface area contributed by atoms with Gasteiger partial charge < -0.3 is 14.6 Å². The van der Waals surface area contributed by atoms with Crippen LogP contribution in [0.1, 0.15) is 24.7 Å². The number of aliphatic hydroxyl groups excluding tert-OH is 1. The molecule has 0 saturated heterocycles. The van der Waals surface area contributed by atoms with Crippen molar-refractivity contribution < 1.29 is 9.63 Å². The normalized spacial score (nSPS) is 25.1. The largest absolute Gasteiger partial charge is 0.393 e. The summed E-state index contributed by atoms with van der Waals surface area (Å²) in [4.78, 5) is 7.31. The molecule has 15 heavy (non-hydrogen) atoms. The smallest absolute Gasteiger partial charge is 0.230 e. The van der Waals surface area contributed by atoms with E-state index in [1.165, 1.54) is 0 Å². The van der Waals surface area contributed by atoms with Crippen molar-refractivity contribution in [2.75, 3.05) is 0 Å². The third-order valence-corrected chi connectivity index (χ3v) is 2.74. The number of aromatic nitrogens is 3. The van der Waals surface area contributed by atoms with Gasteiger partial charge in [0, 0.05) is 12.1 Å². The predicted octanol–water partition coefficient (Wildman–Crippen LogP) is 1.30. The monoisotopic (exact) mass is 205 g/mol. The molecule has 3 rings (SSSR count). The predicted molar refractivity (Wildman–Crippen MR) is 52.1 cm³/mol. The first-order valence-corrected chi connectivity index (χ1v) is 4.98. The van der Waals surface area contributed by atoms with Crippen LogP contribution in [-0.2, 0) is 0 Å². The Bertz CT molecular complexity index is 443. The lowest BCUT2D eigenvalue weighted by Crippen LogP contribution is -2.26. The molecule has 1 aliphatic rings. The van der Waals surface area contributed by atoms with Crippen molar-refractivity contribution in [1.82, 2.24) is 15.1 Å². The molecule has 0 amide bonds. The van der Waals surface area contributed by atoms with Crippen molar-refractivity contribution >= 4 is 0 Å². The van der Waals surface area contributed by atoms with E-state index in [0.29, 0.717) is 11.7 Å². The van der Waals surface area contributed by atoms with E-state index in [9.17, 15) is 5.11 Å². The highest BCUT2D eigenvalue weighted by Crippen LogP contribution is 2.36. The van der Waals surface area contributed by atoms with E-state index in [1.807, 2.05) is 18.3 Å². The van der Waals surface area contributed by atoms with Gasteiger partial charge in [-0.1, -0.05) is 5.16 Å². The molecule has 1 aliphatic carbocycles. The van der Waals surface area contributed by atoms with Gasteiger partial charge in [0.05, 0.1) is 11.8 Å². The molecular formula is C10H11N3O2. The average Bonchev–Trinajstić information content (AvgIpc) is 2.83. The highest BCUT2D eigenvalue weighted by atomic mass is 16.5. The summed E-state index contributed by atoms with van der Waals surface area (Å²) in [6.07, 6.45) is 3.08.